The smallest absolute Gasteiger partial charge is 0.352 e. The summed E-state index contributed by atoms with van der Waals surface area (Å²) in [6.07, 6.45) is 0. The van der Waals surface area contributed by atoms with Crippen LogP contribution in [0.5, 0.6) is 5.75 Å². The van der Waals surface area contributed by atoms with Crippen LogP contribution in [0.15, 0.2) is 48.5 Å². The quantitative estimate of drug-likeness (QED) is 0.755. The molecule has 0 atom stereocenters. The van der Waals surface area contributed by atoms with Crippen molar-refractivity contribution in [3.63, 3.8) is 0 Å². The molecule has 1 N–H and O–H groups in total. The van der Waals surface area contributed by atoms with Crippen LogP contribution < -0.4 is 4.74 Å². The Morgan fingerprint density at radius 1 is 1.17 bits per heavy atom. The molecule has 0 aliphatic carbocycles. The zero-order chi connectivity index (χ0) is 16.4. The summed E-state index contributed by atoms with van der Waals surface area (Å²) < 4.78 is 7.41. The Labute approximate surface area is 138 Å². The average Bonchev–Trinajstić information content (AvgIpc) is 2.82. The molecular formula is C18H16ClNO3. The molecule has 118 valence electrons. The zero-order valence-electron chi connectivity index (χ0n) is 12.6. The van der Waals surface area contributed by atoms with E-state index < -0.39 is 5.97 Å². The van der Waals surface area contributed by atoms with Crippen LogP contribution in [-0.2, 0) is 6.54 Å². The Kier molecular flexibility index (Phi) is 4.26. The lowest BCUT2D eigenvalue weighted by Gasteiger charge is -2.11. The van der Waals surface area contributed by atoms with Crippen LogP contribution in [-0.4, -0.2) is 22.2 Å². The van der Waals surface area contributed by atoms with E-state index in [1.54, 1.807) is 17.6 Å². The third-order valence-corrected chi connectivity index (χ3v) is 4.12. The van der Waals surface area contributed by atoms with Crippen LogP contribution in [0.3, 0.4) is 0 Å². The molecule has 0 fully saturated rings. The van der Waals surface area contributed by atoms with Gasteiger partial charge in [-0.25, -0.2) is 4.79 Å². The Hall–Kier alpha value is -2.46. The van der Waals surface area contributed by atoms with E-state index in [2.05, 4.69) is 0 Å². The highest BCUT2D eigenvalue weighted by molar-refractivity contribution is 6.35. The van der Waals surface area contributed by atoms with Crippen molar-refractivity contribution in [2.24, 2.45) is 0 Å². The Morgan fingerprint density at radius 2 is 1.91 bits per heavy atom. The second-order valence-electron chi connectivity index (χ2n) is 5.23. The maximum Gasteiger partial charge on any atom is 0.352 e. The molecule has 0 aliphatic heterocycles. The number of halogens is 1. The minimum atomic E-state index is -0.963. The summed E-state index contributed by atoms with van der Waals surface area (Å²) >= 11 is 6.29. The number of carbonyl (C=O) groups is 1. The number of hydrogen-bond donors (Lipinski definition) is 1. The minimum absolute atomic E-state index is 0.254. The molecule has 3 aromatic rings. The number of benzene rings is 2. The molecule has 2 aromatic carbocycles. The van der Waals surface area contributed by atoms with Gasteiger partial charge in [0.05, 0.1) is 17.1 Å². The fraction of sp³-hybridized carbons (Fsp3) is 0.167. The van der Waals surface area contributed by atoms with Gasteiger partial charge in [0, 0.05) is 5.39 Å². The van der Waals surface area contributed by atoms with E-state index in [0.29, 0.717) is 18.2 Å². The van der Waals surface area contributed by atoms with Crippen molar-refractivity contribution < 1.29 is 14.6 Å². The molecule has 1 aromatic heterocycles. The van der Waals surface area contributed by atoms with Crippen LogP contribution >= 0.6 is 11.6 Å². The number of aryl methyl sites for hydroxylation is 1. The van der Waals surface area contributed by atoms with E-state index in [-0.39, 0.29) is 5.69 Å². The van der Waals surface area contributed by atoms with E-state index in [9.17, 15) is 9.90 Å². The second kappa shape index (κ2) is 6.34. The third-order valence-electron chi connectivity index (χ3n) is 3.82. The highest BCUT2D eigenvalue weighted by Gasteiger charge is 2.21. The summed E-state index contributed by atoms with van der Waals surface area (Å²) in [6.45, 7) is 2.57. The van der Waals surface area contributed by atoms with Gasteiger partial charge in [-0.05, 0) is 30.7 Å². The van der Waals surface area contributed by atoms with Gasteiger partial charge in [0.15, 0.2) is 0 Å². The number of nitrogens with zero attached hydrogens (tertiary/aromatic N) is 1. The van der Waals surface area contributed by atoms with Gasteiger partial charge in [-0.1, -0.05) is 41.9 Å². The molecule has 0 spiro atoms. The summed E-state index contributed by atoms with van der Waals surface area (Å²) in [5, 5.41) is 10.9. The van der Waals surface area contributed by atoms with Crippen molar-refractivity contribution in [2.75, 3.05) is 6.61 Å². The zero-order valence-corrected chi connectivity index (χ0v) is 13.4. The topological polar surface area (TPSA) is 51.5 Å². The molecule has 0 saturated heterocycles. The minimum Gasteiger partial charge on any atom is -0.492 e. The van der Waals surface area contributed by atoms with Gasteiger partial charge in [-0.15, -0.1) is 0 Å². The van der Waals surface area contributed by atoms with E-state index in [1.807, 2.05) is 42.5 Å². The lowest BCUT2D eigenvalue weighted by molar-refractivity contribution is 0.0684. The molecule has 5 heteroatoms. The molecule has 0 amide bonds. The van der Waals surface area contributed by atoms with Gasteiger partial charge in [0.1, 0.15) is 18.1 Å². The normalized spacial score (nSPS) is 10.9. The number of para-hydroxylation sites is 2. The first-order valence-corrected chi connectivity index (χ1v) is 7.66. The predicted octanol–water partition coefficient (Wildman–Crippen LogP) is 4.38. The van der Waals surface area contributed by atoms with Crippen LogP contribution in [0.25, 0.3) is 10.9 Å². The number of fused-ring (bicyclic) bond motifs is 1. The van der Waals surface area contributed by atoms with E-state index in [4.69, 9.17) is 16.3 Å². The summed E-state index contributed by atoms with van der Waals surface area (Å²) in [5.74, 6) is -0.210. The lowest BCUT2D eigenvalue weighted by Crippen LogP contribution is -2.14. The Bertz CT molecular complexity index is 856. The van der Waals surface area contributed by atoms with Gasteiger partial charge < -0.3 is 14.4 Å². The summed E-state index contributed by atoms with van der Waals surface area (Å²) in [4.78, 5) is 11.7. The fourth-order valence-corrected chi connectivity index (χ4v) is 3.08. The van der Waals surface area contributed by atoms with Crippen molar-refractivity contribution in [3.05, 3.63) is 64.8 Å². The van der Waals surface area contributed by atoms with Gasteiger partial charge in [0.2, 0.25) is 0 Å². The number of hydrogen-bond acceptors (Lipinski definition) is 2. The molecular weight excluding hydrogens is 314 g/mol. The van der Waals surface area contributed by atoms with Crippen molar-refractivity contribution in [3.8, 4) is 5.75 Å². The Balaban J connectivity index is 1.95. The monoisotopic (exact) mass is 329 g/mol. The van der Waals surface area contributed by atoms with Gasteiger partial charge >= 0.3 is 5.97 Å². The lowest BCUT2D eigenvalue weighted by atomic mass is 10.1. The van der Waals surface area contributed by atoms with Crippen molar-refractivity contribution in [2.45, 2.75) is 13.5 Å². The van der Waals surface area contributed by atoms with Gasteiger partial charge in [-0.2, -0.15) is 0 Å². The molecule has 4 nitrogen and oxygen atoms in total. The van der Waals surface area contributed by atoms with E-state index >= 15 is 0 Å². The molecule has 3 rings (SSSR count). The molecule has 1 heterocycles. The van der Waals surface area contributed by atoms with Gasteiger partial charge in [0.25, 0.3) is 0 Å². The summed E-state index contributed by atoms with van der Waals surface area (Å²) in [6, 6.07) is 14.9. The first kappa shape index (κ1) is 15.4. The first-order valence-electron chi connectivity index (χ1n) is 7.28. The van der Waals surface area contributed by atoms with Crippen molar-refractivity contribution in [1.82, 2.24) is 4.57 Å². The average molecular weight is 330 g/mol. The van der Waals surface area contributed by atoms with Crippen LogP contribution in [0.1, 0.15) is 16.1 Å². The fourth-order valence-electron chi connectivity index (χ4n) is 2.81. The van der Waals surface area contributed by atoms with E-state index in [0.717, 1.165) is 22.2 Å². The van der Waals surface area contributed by atoms with E-state index in [1.165, 1.54) is 0 Å². The number of aromatic carboxylic acids is 1. The highest BCUT2D eigenvalue weighted by atomic mass is 35.5. The highest BCUT2D eigenvalue weighted by Crippen LogP contribution is 2.31. The van der Waals surface area contributed by atoms with Crippen LogP contribution in [0.2, 0.25) is 5.02 Å². The third kappa shape index (κ3) is 2.90. The number of rotatable bonds is 5. The molecule has 23 heavy (non-hydrogen) atoms. The SMILES string of the molecule is Cc1c(C(=O)O)n(CCOc2ccccc2)c2c(Cl)cccc12. The number of carboxylic acids is 1. The second-order valence-corrected chi connectivity index (χ2v) is 5.64. The summed E-state index contributed by atoms with van der Waals surface area (Å²) in [7, 11) is 0. The summed E-state index contributed by atoms with van der Waals surface area (Å²) in [5.41, 5.74) is 1.71. The first-order chi connectivity index (χ1) is 11.1. The molecule has 0 saturated carbocycles. The standard InChI is InChI=1S/C18H16ClNO3/c1-12-14-8-5-9-15(19)17(14)20(16(12)18(21)22)10-11-23-13-6-3-2-4-7-13/h2-9H,10-11H2,1H3,(H,21,22). The maximum absolute atomic E-state index is 11.7. The van der Waals surface area contributed by atoms with Crippen LogP contribution in [0.4, 0.5) is 0 Å². The number of ether oxygens (including phenoxy) is 1. The largest absolute Gasteiger partial charge is 0.492 e. The molecule has 0 aliphatic rings. The molecule has 0 bridgehead atoms. The number of aromatic nitrogens is 1. The van der Waals surface area contributed by atoms with Crippen molar-refractivity contribution >= 4 is 28.5 Å². The predicted molar refractivity (Wildman–Crippen MR) is 90.6 cm³/mol. The van der Waals surface area contributed by atoms with Gasteiger partial charge in [-0.3, -0.25) is 0 Å². The Morgan fingerprint density at radius 3 is 2.61 bits per heavy atom. The maximum atomic E-state index is 11.7. The molecule has 0 unspecified atom stereocenters. The molecule has 0 radical (unpaired) electrons. The van der Waals surface area contributed by atoms with Crippen molar-refractivity contribution in [1.29, 1.82) is 0 Å². The van der Waals surface area contributed by atoms with Crippen LogP contribution in [0, 0.1) is 6.92 Å². The number of carboxylic acid groups (broad SMARTS) is 1.